The second-order valence-electron chi connectivity index (χ2n) is 6.77. The van der Waals surface area contributed by atoms with Crippen LogP contribution < -0.4 is 14.5 Å². The maximum absolute atomic E-state index is 13.3. The lowest BCUT2D eigenvalue weighted by atomic mass is 10.1. The van der Waals surface area contributed by atoms with Gasteiger partial charge >= 0.3 is 0 Å². The number of sulfonamides is 1. The first-order valence-corrected chi connectivity index (χ1v) is 11.1. The number of phenols is 1. The molecule has 0 saturated carbocycles. The van der Waals surface area contributed by atoms with Crippen molar-refractivity contribution in [2.24, 2.45) is 5.10 Å². The Bertz CT molecular complexity index is 1210. The Morgan fingerprint density at radius 1 is 1.00 bits per heavy atom. The molecule has 8 nitrogen and oxygen atoms in total. The van der Waals surface area contributed by atoms with Gasteiger partial charge in [-0.2, -0.15) is 5.10 Å². The SMILES string of the molecule is COc1ccc(N(CC(=O)NN=C(C)c2ccccc2O)S(=O)(=O)c2ccccc2)cc1. The molecule has 3 rings (SSSR count). The van der Waals surface area contributed by atoms with Gasteiger partial charge in [0.25, 0.3) is 15.9 Å². The number of methoxy groups -OCH3 is 1. The van der Waals surface area contributed by atoms with E-state index >= 15 is 0 Å². The number of aromatic hydroxyl groups is 1. The number of nitrogens with zero attached hydrogens (tertiary/aromatic N) is 2. The van der Waals surface area contributed by atoms with Gasteiger partial charge in [0, 0.05) is 5.56 Å². The van der Waals surface area contributed by atoms with Crippen molar-refractivity contribution in [2.45, 2.75) is 11.8 Å². The van der Waals surface area contributed by atoms with Crippen molar-refractivity contribution in [3.05, 3.63) is 84.4 Å². The van der Waals surface area contributed by atoms with Gasteiger partial charge in [-0.05, 0) is 55.5 Å². The summed E-state index contributed by atoms with van der Waals surface area (Å²) in [7, 11) is -2.52. The molecule has 0 aliphatic rings. The van der Waals surface area contributed by atoms with Crippen LogP contribution in [-0.2, 0) is 14.8 Å². The molecule has 3 aromatic carbocycles. The Balaban J connectivity index is 1.87. The molecule has 0 spiro atoms. The molecule has 0 saturated heterocycles. The Kier molecular flexibility index (Phi) is 7.11. The molecule has 0 unspecified atom stereocenters. The maximum atomic E-state index is 13.3. The molecule has 0 atom stereocenters. The fourth-order valence-corrected chi connectivity index (χ4v) is 4.38. The third-order valence-corrected chi connectivity index (χ3v) is 6.41. The van der Waals surface area contributed by atoms with Gasteiger partial charge in [-0.15, -0.1) is 0 Å². The number of ether oxygens (including phenoxy) is 1. The third kappa shape index (κ3) is 5.25. The fourth-order valence-electron chi connectivity index (χ4n) is 2.94. The van der Waals surface area contributed by atoms with Crippen LogP contribution in [0.5, 0.6) is 11.5 Å². The number of anilines is 1. The average Bonchev–Trinajstić information content (AvgIpc) is 2.82. The maximum Gasteiger partial charge on any atom is 0.264 e. The average molecular weight is 454 g/mol. The van der Waals surface area contributed by atoms with Gasteiger partial charge in [-0.1, -0.05) is 30.3 Å². The van der Waals surface area contributed by atoms with E-state index in [1.165, 1.54) is 25.3 Å². The quantitative estimate of drug-likeness (QED) is 0.402. The third-order valence-electron chi connectivity index (χ3n) is 4.62. The normalized spacial score (nSPS) is 11.6. The highest BCUT2D eigenvalue weighted by atomic mass is 32.2. The van der Waals surface area contributed by atoms with Crippen molar-refractivity contribution in [2.75, 3.05) is 18.0 Å². The predicted octanol–water partition coefficient (Wildman–Crippen LogP) is 3.14. The Labute approximate surface area is 186 Å². The summed E-state index contributed by atoms with van der Waals surface area (Å²) >= 11 is 0. The van der Waals surface area contributed by atoms with Crippen LogP contribution >= 0.6 is 0 Å². The second-order valence-corrected chi connectivity index (χ2v) is 8.63. The standard InChI is InChI=1S/C23H23N3O5S/c1-17(21-10-6-7-11-22(21)27)24-25-23(28)16-26(18-12-14-19(31-2)15-13-18)32(29,30)20-8-4-3-5-9-20/h3-15,27H,16H2,1-2H3,(H,25,28). The Morgan fingerprint density at radius 3 is 2.25 bits per heavy atom. The summed E-state index contributed by atoms with van der Waals surface area (Å²) in [6.45, 7) is 1.12. The van der Waals surface area contributed by atoms with Crippen LogP contribution in [-0.4, -0.2) is 38.8 Å². The summed E-state index contributed by atoms with van der Waals surface area (Å²) < 4.78 is 32.7. The first kappa shape index (κ1) is 22.8. The van der Waals surface area contributed by atoms with Gasteiger partial charge < -0.3 is 9.84 Å². The minimum absolute atomic E-state index is 0.0227. The van der Waals surface area contributed by atoms with Crippen LogP contribution in [0.4, 0.5) is 5.69 Å². The molecule has 32 heavy (non-hydrogen) atoms. The number of amides is 1. The molecule has 3 aromatic rings. The number of benzene rings is 3. The van der Waals surface area contributed by atoms with E-state index in [2.05, 4.69) is 10.5 Å². The van der Waals surface area contributed by atoms with E-state index in [1.54, 1.807) is 67.6 Å². The minimum Gasteiger partial charge on any atom is -0.507 e. The molecule has 0 fully saturated rings. The molecular weight excluding hydrogens is 430 g/mol. The molecule has 2 N–H and O–H groups in total. The van der Waals surface area contributed by atoms with Crippen LogP contribution in [0.15, 0.2) is 88.9 Å². The summed E-state index contributed by atoms with van der Waals surface area (Å²) in [6.07, 6.45) is 0. The number of carbonyl (C=O) groups is 1. The van der Waals surface area contributed by atoms with Crippen LogP contribution in [0.3, 0.4) is 0 Å². The van der Waals surface area contributed by atoms with Crippen LogP contribution in [0.2, 0.25) is 0 Å². The lowest BCUT2D eigenvalue weighted by Crippen LogP contribution is -2.39. The van der Waals surface area contributed by atoms with E-state index in [0.29, 0.717) is 22.7 Å². The lowest BCUT2D eigenvalue weighted by molar-refractivity contribution is -0.119. The largest absolute Gasteiger partial charge is 0.507 e. The monoisotopic (exact) mass is 453 g/mol. The van der Waals surface area contributed by atoms with E-state index in [0.717, 1.165) is 4.31 Å². The summed E-state index contributed by atoms with van der Waals surface area (Å²) in [5.74, 6) is -0.0669. The van der Waals surface area contributed by atoms with E-state index < -0.39 is 22.5 Å². The first-order valence-electron chi connectivity index (χ1n) is 9.66. The number of carbonyl (C=O) groups excluding carboxylic acids is 1. The fraction of sp³-hybridized carbons (Fsp3) is 0.130. The lowest BCUT2D eigenvalue weighted by Gasteiger charge is -2.24. The number of hydrogen-bond donors (Lipinski definition) is 2. The van der Waals surface area contributed by atoms with Gasteiger partial charge in [0.15, 0.2) is 0 Å². The molecule has 166 valence electrons. The van der Waals surface area contributed by atoms with Crippen LogP contribution in [0.1, 0.15) is 12.5 Å². The van der Waals surface area contributed by atoms with Gasteiger partial charge in [0.05, 0.1) is 23.4 Å². The smallest absolute Gasteiger partial charge is 0.264 e. The van der Waals surface area contributed by atoms with E-state index in [-0.39, 0.29) is 10.6 Å². The first-order chi connectivity index (χ1) is 15.3. The van der Waals surface area contributed by atoms with Gasteiger partial charge in [0.2, 0.25) is 0 Å². The second kappa shape index (κ2) is 9.97. The predicted molar refractivity (Wildman–Crippen MR) is 122 cm³/mol. The van der Waals surface area contributed by atoms with Crippen molar-refractivity contribution < 1.29 is 23.1 Å². The van der Waals surface area contributed by atoms with Crippen molar-refractivity contribution in [3.8, 4) is 11.5 Å². The van der Waals surface area contributed by atoms with Gasteiger partial charge in [0.1, 0.15) is 18.0 Å². The molecule has 0 aromatic heterocycles. The number of rotatable bonds is 8. The van der Waals surface area contributed by atoms with Crippen molar-refractivity contribution in [1.82, 2.24) is 5.43 Å². The van der Waals surface area contributed by atoms with Gasteiger partial charge in [-0.25, -0.2) is 13.8 Å². The molecule has 0 heterocycles. The molecule has 0 bridgehead atoms. The molecule has 0 aliphatic heterocycles. The van der Waals surface area contributed by atoms with Crippen LogP contribution in [0.25, 0.3) is 0 Å². The number of hydrazone groups is 1. The van der Waals surface area contributed by atoms with Crippen molar-refractivity contribution >= 4 is 27.3 Å². The molecule has 1 amide bonds. The Hall–Kier alpha value is -3.85. The zero-order valence-corrected chi connectivity index (χ0v) is 18.4. The summed E-state index contributed by atoms with van der Waals surface area (Å²) in [5, 5.41) is 13.9. The number of para-hydroxylation sites is 1. The van der Waals surface area contributed by atoms with Crippen molar-refractivity contribution in [1.29, 1.82) is 0 Å². The zero-order chi connectivity index (χ0) is 23.1. The van der Waals surface area contributed by atoms with E-state index in [9.17, 15) is 18.3 Å². The summed E-state index contributed by atoms with van der Waals surface area (Å²) in [6, 6.07) is 20.8. The van der Waals surface area contributed by atoms with E-state index in [1.807, 2.05) is 0 Å². The minimum atomic E-state index is -4.02. The molecule has 0 aliphatic carbocycles. The highest BCUT2D eigenvalue weighted by Gasteiger charge is 2.27. The zero-order valence-electron chi connectivity index (χ0n) is 17.6. The number of hydrogen-bond acceptors (Lipinski definition) is 6. The van der Waals surface area contributed by atoms with Gasteiger partial charge in [-0.3, -0.25) is 9.10 Å². The summed E-state index contributed by atoms with van der Waals surface area (Å²) in [4.78, 5) is 12.7. The van der Waals surface area contributed by atoms with E-state index in [4.69, 9.17) is 4.74 Å². The van der Waals surface area contributed by atoms with Crippen molar-refractivity contribution in [3.63, 3.8) is 0 Å². The highest BCUT2D eigenvalue weighted by Crippen LogP contribution is 2.25. The highest BCUT2D eigenvalue weighted by molar-refractivity contribution is 7.92. The number of nitrogens with one attached hydrogen (secondary N) is 1. The summed E-state index contributed by atoms with van der Waals surface area (Å²) in [5.41, 5.74) is 3.49. The molecular formula is C23H23N3O5S. The Morgan fingerprint density at radius 2 is 1.62 bits per heavy atom. The topological polar surface area (TPSA) is 108 Å². The number of phenolic OH excluding ortho intramolecular Hbond substituents is 1. The molecule has 0 radical (unpaired) electrons. The molecule has 9 heteroatoms. The van der Waals surface area contributed by atoms with Crippen LogP contribution in [0, 0.1) is 0 Å².